The molecular formula is C10H18O2. The van der Waals surface area contributed by atoms with Gasteiger partial charge < -0.3 is 5.11 Å². The summed E-state index contributed by atoms with van der Waals surface area (Å²) in [7, 11) is 0. The van der Waals surface area contributed by atoms with Gasteiger partial charge in [-0.15, -0.1) is 0 Å². The lowest BCUT2D eigenvalue weighted by molar-refractivity contribution is -0.123. The van der Waals surface area contributed by atoms with Crippen LogP contribution in [-0.2, 0) is 4.79 Å². The molecule has 0 atom stereocenters. The Morgan fingerprint density at radius 1 is 1.33 bits per heavy atom. The van der Waals surface area contributed by atoms with Gasteiger partial charge in [0.25, 0.3) is 0 Å². The van der Waals surface area contributed by atoms with E-state index in [2.05, 4.69) is 0 Å². The van der Waals surface area contributed by atoms with Crippen LogP contribution in [-0.4, -0.2) is 17.5 Å². The summed E-state index contributed by atoms with van der Waals surface area (Å²) in [6.07, 6.45) is 4.74. The third kappa shape index (κ3) is 2.31. The van der Waals surface area contributed by atoms with Crippen LogP contribution in [0.5, 0.6) is 0 Å². The maximum absolute atomic E-state index is 11.3. The first kappa shape index (κ1) is 9.72. The summed E-state index contributed by atoms with van der Waals surface area (Å²) in [5, 5.41) is 8.89. The number of hydrogen-bond acceptors (Lipinski definition) is 2. The monoisotopic (exact) mass is 170 g/mol. The van der Waals surface area contributed by atoms with E-state index in [4.69, 9.17) is 5.11 Å². The lowest BCUT2D eigenvalue weighted by Gasteiger charge is -2.25. The fourth-order valence-corrected chi connectivity index (χ4v) is 1.96. The average Bonchev–Trinajstić information content (AvgIpc) is 2.17. The molecule has 0 heterocycles. The number of hydrogen-bond donors (Lipinski definition) is 1. The van der Waals surface area contributed by atoms with Crippen molar-refractivity contribution < 1.29 is 9.90 Å². The van der Waals surface area contributed by atoms with Gasteiger partial charge in [-0.05, 0) is 31.6 Å². The molecule has 0 aromatic rings. The third-order valence-electron chi connectivity index (χ3n) is 2.91. The van der Waals surface area contributed by atoms with Crippen LogP contribution in [0.2, 0.25) is 0 Å². The first-order chi connectivity index (χ1) is 5.77. The van der Waals surface area contributed by atoms with Gasteiger partial charge in [-0.2, -0.15) is 0 Å². The van der Waals surface area contributed by atoms with E-state index in [0.29, 0.717) is 30.6 Å². The fraction of sp³-hybridized carbons (Fsp3) is 0.900. The predicted molar refractivity (Wildman–Crippen MR) is 47.8 cm³/mol. The van der Waals surface area contributed by atoms with Gasteiger partial charge in [0.05, 0.1) is 0 Å². The van der Waals surface area contributed by atoms with Crippen molar-refractivity contribution in [2.24, 2.45) is 11.8 Å². The van der Waals surface area contributed by atoms with Crippen molar-refractivity contribution in [3.05, 3.63) is 0 Å². The molecule has 1 fully saturated rings. The lowest BCUT2D eigenvalue weighted by atomic mass is 9.80. The van der Waals surface area contributed by atoms with Gasteiger partial charge in [0.15, 0.2) is 0 Å². The Morgan fingerprint density at radius 2 is 1.92 bits per heavy atom. The zero-order valence-electron chi connectivity index (χ0n) is 7.75. The fourth-order valence-electron chi connectivity index (χ4n) is 1.96. The van der Waals surface area contributed by atoms with Gasteiger partial charge in [0, 0.05) is 18.9 Å². The Bertz CT molecular complexity index is 146. The van der Waals surface area contributed by atoms with Crippen molar-refractivity contribution in [1.82, 2.24) is 0 Å². The van der Waals surface area contributed by atoms with E-state index in [0.717, 1.165) is 25.7 Å². The third-order valence-corrected chi connectivity index (χ3v) is 2.91. The summed E-state index contributed by atoms with van der Waals surface area (Å²) in [6, 6.07) is 0. The second-order valence-electron chi connectivity index (χ2n) is 3.72. The van der Waals surface area contributed by atoms with Gasteiger partial charge in [-0.3, -0.25) is 4.79 Å². The van der Waals surface area contributed by atoms with E-state index >= 15 is 0 Å². The maximum atomic E-state index is 11.3. The van der Waals surface area contributed by atoms with Crippen LogP contribution in [0.3, 0.4) is 0 Å². The van der Waals surface area contributed by atoms with Crippen LogP contribution in [0.4, 0.5) is 0 Å². The Labute approximate surface area is 74.0 Å². The van der Waals surface area contributed by atoms with Crippen LogP contribution >= 0.6 is 0 Å². The molecule has 0 aliphatic heterocycles. The molecule has 0 amide bonds. The minimum atomic E-state index is 0.299. The molecule has 0 unspecified atom stereocenters. The number of aliphatic hydroxyl groups is 1. The first-order valence-electron chi connectivity index (χ1n) is 4.91. The van der Waals surface area contributed by atoms with Crippen LogP contribution in [0.25, 0.3) is 0 Å². The summed E-state index contributed by atoms with van der Waals surface area (Å²) >= 11 is 0. The molecule has 0 aromatic carbocycles. The average molecular weight is 170 g/mol. The SMILES string of the molecule is CCC(=O)[C@H]1CC[C@H](CO)CC1. The number of aliphatic hydroxyl groups excluding tert-OH is 1. The van der Waals surface area contributed by atoms with E-state index in [1.807, 2.05) is 6.92 Å². The highest BCUT2D eigenvalue weighted by Gasteiger charge is 2.24. The summed E-state index contributed by atoms with van der Waals surface area (Å²) < 4.78 is 0. The summed E-state index contributed by atoms with van der Waals surface area (Å²) in [6.45, 7) is 2.23. The molecule has 1 rings (SSSR count). The topological polar surface area (TPSA) is 37.3 Å². The van der Waals surface area contributed by atoms with Crippen molar-refractivity contribution in [3.8, 4) is 0 Å². The first-order valence-corrected chi connectivity index (χ1v) is 4.91. The van der Waals surface area contributed by atoms with E-state index in [-0.39, 0.29) is 0 Å². The summed E-state index contributed by atoms with van der Waals surface area (Å²) in [5.41, 5.74) is 0. The van der Waals surface area contributed by atoms with Gasteiger partial charge >= 0.3 is 0 Å². The number of carbonyl (C=O) groups excluding carboxylic acids is 1. The van der Waals surface area contributed by atoms with E-state index in [9.17, 15) is 4.79 Å². The highest BCUT2D eigenvalue weighted by molar-refractivity contribution is 5.80. The van der Waals surface area contributed by atoms with Crippen molar-refractivity contribution >= 4 is 5.78 Å². The molecule has 2 nitrogen and oxygen atoms in total. The number of ketones is 1. The predicted octanol–water partition coefficient (Wildman–Crippen LogP) is 1.76. The second kappa shape index (κ2) is 4.61. The van der Waals surface area contributed by atoms with Crippen LogP contribution in [0.15, 0.2) is 0 Å². The Kier molecular flexibility index (Phi) is 3.73. The van der Waals surface area contributed by atoms with E-state index < -0.39 is 0 Å². The molecule has 2 heteroatoms. The standard InChI is InChI=1S/C10H18O2/c1-2-10(12)9-5-3-8(7-11)4-6-9/h8-9,11H,2-7H2,1H3/t8-,9-. The zero-order chi connectivity index (χ0) is 8.97. The Morgan fingerprint density at radius 3 is 2.33 bits per heavy atom. The van der Waals surface area contributed by atoms with Crippen molar-refractivity contribution in [2.75, 3.05) is 6.61 Å². The molecule has 1 N–H and O–H groups in total. The van der Waals surface area contributed by atoms with Gasteiger partial charge in [0.2, 0.25) is 0 Å². The van der Waals surface area contributed by atoms with Crippen molar-refractivity contribution in [2.45, 2.75) is 39.0 Å². The number of rotatable bonds is 3. The number of Topliss-reactive ketones (excluding diaryl/α,β-unsaturated/α-hetero) is 1. The molecule has 0 aromatic heterocycles. The highest BCUT2D eigenvalue weighted by Crippen LogP contribution is 2.29. The zero-order valence-corrected chi connectivity index (χ0v) is 7.75. The van der Waals surface area contributed by atoms with Crippen LogP contribution in [0, 0.1) is 11.8 Å². The molecule has 1 saturated carbocycles. The minimum Gasteiger partial charge on any atom is -0.396 e. The normalized spacial score (nSPS) is 30.2. The van der Waals surface area contributed by atoms with Gasteiger partial charge in [-0.25, -0.2) is 0 Å². The van der Waals surface area contributed by atoms with Crippen LogP contribution < -0.4 is 0 Å². The molecule has 1 aliphatic rings. The van der Waals surface area contributed by atoms with Gasteiger partial charge in [-0.1, -0.05) is 6.92 Å². The quantitative estimate of drug-likeness (QED) is 0.700. The lowest BCUT2D eigenvalue weighted by Crippen LogP contribution is -2.22. The minimum absolute atomic E-state index is 0.299. The smallest absolute Gasteiger partial charge is 0.135 e. The summed E-state index contributed by atoms with van der Waals surface area (Å²) in [5.74, 6) is 1.18. The molecule has 0 bridgehead atoms. The largest absolute Gasteiger partial charge is 0.396 e. The number of carbonyl (C=O) groups is 1. The van der Waals surface area contributed by atoms with Crippen LogP contribution in [0.1, 0.15) is 39.0 Å². The Balaban J connectivity index is 2.30. The molecule has 0 saturated heterocycles. The highest BCUT2D eigenvalue weighted by atomic mass is 16.3. The molecule has 0 spiro atoms. The van der Waals surface area contributed by atoms with Gasteiger partial charge in [0.1, 0.15) is 5.78 Å². The molecule has 70 valence electrons. The maximum Gasteiger partial charge on any atom is 0.135 e. The molecule has 1 aliphatic carbocycles. The van der Waals surface area contributed by atoms with Crippen molar-refractivity contribution in [1.29, 1.82) is 0 Å². The molecule has 12 heavy (non-hydrogen) atoms. The molecular weight excluding hydrogens is 152 g/mol. The Hall–Kier alpha value is -0.370. The summed E-state index contributed by atoms with van der Waals surface area (Å²) in [4.78, 5) is 11.3. The molecule has 0 radical (unpaired) electrons. The van der Waals surface area contributed by atoms with Crippen molar-refractivity contribution in [3.63, 3.8) is 0 Å². The van der Waals surface area contributed by atoms with E-state index in [1.165, 1.54) is 0 Å². The van der Waals surface area contributed by atoms with E-state index in [1.54, 1.807) is 0 Å². The second-order valence-corrected chi connectivity index (χ2v) is 3.72.